The molecule has 5 heteroatoms. The summed E-state index contributed by atoms with van der Waals surface area (Å²) in [5.41, 5.74) is 8.40. The zero-order valence-corrected chi connectivity index (χ0v) is 14.9. The number of carbonyl (C=O) groups excluding carboxylic acids is 1. The highest BCUT2D eigenvalue weighted by atomic mass is 35.5. The van der Waals surface area contributed by atoms with Gasteiger partial charge >= 0.3 is 6.09 Å². The largest absolute Gasteiger partial charge is 0.443 e. The molecule has 1 atom stereocenters. The third-order valence-electron chi connectivity index (χ3n) is 3.45. The second-order valence-corrected chi connectivity index (χ2v) is 6.57. The second-order valence-electron chi connectivity index (χ2n) is 6.57. The van der Waals surface area contributed by atoms with Gasteiger partial charge in [-0.3, -0.25) is 4.90 Å². The maximum Gasteiger partial charge on any atom is 0.414 e. The van der Waals surface area contributed by atoms with Crippen molar-refractivity contribution in [2.75, 3.05) is 5.73 Å². The third kappa shape index (κ3) is 5.32. The average Bonchev–Trinajstić information content (AvgIpc) is 2.41. The summed E-state index contributed by atoms with van der Waals surface area (Å²) in [5.74, 6) is 0. The fourth-order valence-corrected chi connectivity index (χ4v) is 2.35. The Morgan fingerprint density at radius 2 is 2.00 bits per heavy atom. The standard InChI is InChI=1S/C18H24N2O2.ClH/c1-13-8-9-15(19)11-14(13)12-16-7-5-6-10-20(16)17(21)22-18(2,3)4;/h5-11,16H,12,19H2,1-4H3;1H. The molecule has 1 aliphatic heterocycles. The van der Waals surface area contributed by atoms with Gasteiger partial charge in [0.15, 0.2) is 0 Å². The number of rotatable bonds is 2. The van der Waals surface area contributed by atoms with Gasteiger partial charge in [-0.25, -0.2) is 4.79 Å². The van der Waals surface area contributed by atoms with Gasteiger partial charge in [0.25, 0.3) is 0 Å². The number of allylic oxidation sites excluding steroid dienone is 2. The van der Waals surface area contributed by atoms with Crippen LogP contribution in [0.1, 0.15) is 31.9 Å². The van der Waals surface area contributed by atoms with Crippen molar-refractivity contribution in [1.29, 1.82) is 0 Å². The Morgan fingerprint density at radius 3 is 2.65 bits per heavy atom. The number of nitrogen functional groups attached to an aromatic ring is 1. The molecule has 0 fully saturated rings. The summed E-state index contributed by atoms with van der Waals surface area (Å²) in [4.78, 5) is 14.0. The van der Waals surface area contributed by atoms with Gasteiger partial charge in [0.05, 0.1) is 6.04 Å². The molecular weight excluding hydrogens is 312 g/mol. The van der Waals surface area contributed by atoms with Crippen molar-refractivity contribution < 1.29 is 9.53 Å². The Morgan fingerprint density at radius 1 is 1.30 bits per heavy atom. The van der Waals surface area contributed by atoms with Crippen LogP contribution in [0, 0.1) is 6.92 Å². The number of anilines is 1. The van der Waals surface area contributed by atoms with Gasteiger partial charge in [-0.1, -0.05) is 18.2 Å². The van der Waals surface area contributed by atoms with Crippen LogP contribution < -0.4 is 5.73 Å². The molecule has 0 radical (unpaired) electrons. The number of ether oxygens (including phenoxy) is 1. The number of nitrogens with zero attached hydrogens (tertiary/aromatic N) is 1. The van der Waals surface area contributed by atoms with Crippen molar-refractivity contribution in [3.05, 3.63) is 53.8 Å². The molecule has 1 amide bonds. The summed E-state index contributed by atoms with van der Waals surface area (Å²) in [5, 5.41) is 0. The van der Waals surface area contributed by atoms with Crippen LogP contribution >= 0.6 is 12.4 Å². The number of nitrogens with two attached hydrogens (primary N) is 1. The lowest BCUT2D eigenvalue weighted by Crippen LogP contribution is -2.41. The van der Waals surface area contributed by atoms with E-state index >= 15 is 0 Å². The number of aryl methyl sites for hydroxylation is 1. The lowest BCUT2D eigenvalue weighted by molar-refractivity contribution is 0.0295. The normalized spacial score (nSPS) is 16.9. The number of hydrogen-bond donors (Lipinski definition) is 1. The molecule has 0 aliphatic carbocycles. The van der Waals surface area contributed by atoms with Crippen molar-refractivity contribution in [3.63, 3.8) is 0 Å². The van der Waals surface area contributed by atoms with Gasteiger partial charge in [0.1, 0.15) is 5.60 Å². The molecule has 0 saturated carbocycles. The van der Waals surface area contributed by atoms with Gasteiger partial charge in [0.2, 0.25) is 0 Å². The van der Waals surface area contributed by atoms with E-state index in [1.807, 2.05) is 57.2 Å². The smallest absolute Gasteiger partial charge is 0.414 e. The molecule has 1 unspecified atom stereocenters. The van der Waals surface area contributed by atoms with E-state index < -0.39 is 5.60 Å². The van der Waals surface area contributed by atoms with Crippen LogP contribution in [0.2, 0.25) is 0 Å². The Balaban J connectivity index is 0.00000264. The summed E-state index contributed by atoms with van der Waals surface area (Å²) in [6, 6.07) is 5.79. The monoisotopic (exact) mass is 336 g/mol. The van der Waals surface area contributed by atoms with Gasteiger partial charge in [-0.15, -0.1) is 12.4 Å². The zero-order chi connectivity index (χ0) is 16.3. The Hall–Kier alpha value is -1.94. The van der Waals surface area contributed by atoms with Gasteiger partial charge in [0, 0.05) is 11.9 Å². The van der Waals surface area contributed by atoms with E-state index in [0.29, 0.717) is 6.42 Å². The van der Waals surface area contributed by atoms with Crippen LogP contribution in [0.15, 0.2) is 42.6 Å². The van der Waals surface area contributed by atoms with Crippen molar-refractivity contribution in [3.8, 4) is 0 Å². The van der Waals surface area contributed by atoms with Crippen LogP contribution in [0.3, 0.4) is 0 Å². The predicted molar refractivity (Wildman–Crippen MR) is 96.7 cm³/mol. The van der Waals surface area contributed by atoms with Gasteiger partial charge in [-0.2, -0.15) is 0 Å². The maximum atomic E-state index is 12.4. The van der Waals surface area contributed by atoms with E-state index in [1.165, 1.54) is 5.56 Å². The van der Waals surface area contributed by atoms with E-state index in [1.54, 1.807) is 11.1 Å². The number of benzene rings is 1. The average molecular weight is 337 g/mol. The van der Waals surface area contributed by atoms with Gasteiger partial charge < -0.3 is 10.5 Å². The number of hydrogen-bond acceptors (Lipinski definition) is 3. The molecule has 23 heavy (non-hydrogen) atoms. The minimum Gasteiger partial charge on any atom is -0.443 e. The van der Waals surface area contributed by atoms with E-state index in [2.05, 4.69) is 6.92 Å². The molecule has 2 N–H and O–H groups in total. The molecule has 1 heterocycles. The summed E-state index contributed by atoms with van der Waals surface area (Å²) in [6.07, 6.45) is 7.93. The van der Waals surface area contributed by atoms with Crippen molar-refractivity contribution in [2.24, 2.45) is 0 Å². The van der Waals surface area contributed by atoms with Crippen LogP contribution in [0.25, 0.3) is 0 Å². The first kappa shape index (κ1) is 19.1. The lowest BCUT2D eigenvalue weighted by atomic mass is 9.98. The summed E-state index contributed by atoms with van der Waals surface area (Å²) >= 11 is 0. The number of amides is 1. The van der Waals surface area contributed by atoms with Crippen molar-refractivity contribution >= 4 is 24.2 Å². The van der Waals surface area contributed by atoms with E-state index in [-0.39, 0.29) is 24.5 Å². The maximum absolute atomic E-state index is 12.4. The molecular formula is C18H25ClN2O2. The molecule has 0 spiro atoms. The second kappa shape index (κ2) is 7.55. The summed E-state index contributed by atoms with van der Waals surface area (Å²) in [6.45, 7) is 7.65. The van der Waals surface area contributed by atoms with E-state index in [9.17, 15) is 4.79 Å². The zero-order valence-electron chi connectivity index (χ0n) is 14.1. The topological polar surface area (TPSA) is 55.6 Å². The van der Waals surface area contributed by atoms with Crippen LogP contribution in [0.4, 0.5) is 10.5 Å². The highest BCUT2D eigenvalue weighted by molar-refractivity contribution is 5.85. The summed E-state index contributed by atoms with van der Waals surface area (Å²) < 4.78 is 5.48. The fraction of sp³-hybridized carbons (Fsp3) is 0.389. The SMILES string of the molecule is Cc1ccc(N)cc1CC1C=CC=CN1C(=O)OC(C)(C)C.Cl. The third-order valence-corrected chi connectivity index (χ3v) is 3.45. The molecule has 126 valence electrons. The van der Waals surface area contributed by atoms with Crippen LogP contribution in [0.5, 0.6) is 0 Å². The van der Waals surface area contributed by atoms with Gasteiger partial charge in [-0.05, 0) is 63.5 Å². The Bertz CT molecular complexity index is 618. The predicted octanol–water partition coefficient (Wildman–Crippen LogP) is 4.23. The molecule has 2 rings (SSSR count). The number of carbonyl (C=O) groups is 1. The van der Waals surface area contributed by atoms with Crippen LogP contribution in [-0.2, 0) is 11.2 Å². The quantitative estimate of drug-likeness (QED) is 0.822. The molecule has 4 nitrogen and oxygen atoms in total. The summed E-state index contributed by atoms with van der Waals surface area (Å²) in [7, 11) is 0. The molecule has 0 bridgehead atoms. The lowest BCUT2D eigenvalue weighted by Gasteiger charge is -2.31. The minimum atomic E-state index is -0.510. The Labute approximate surface area is 144 Å². The molecule has 1 aliphatic rings. The molecule has 0 saturated heterocycles. The molecule has 1 aromatic rings. The van der Waals surface area contributed by atoms with Crippen molar-refractivity contribution in [2.45, 2.75) is 45.8 Å². The van der Waals surface area contributed by atoms with Crippen LogP contribution in [-0.4, -0.2) is 22.6 Å². The van der Waals surface area contributed by atoms with E-state index in [0.717, 1.165) is 11.3 Å². The van der Waals surface area contributed by atoms with Crippen molar-refractivity contribution in [1.82, 2.24) is 4.90 Å². The highest BCUT2D eigenvalue weighted by Gasteiger charge is 2.27. The molecule has 1 aromatic carbocycles. The fourth-order valence-electron chi connectivity index (χ4n) is 2.35. The first-order valence-corrected chi connectivity index (χ1v) is 7.47. The number of halogens is 1. The first-order valence-electron chi connectivity index (χ1n) is 7.47. The first-order chi connectivity index (χ1) is 10.3. The van der Waals surface area contributed by atoms with E-state index in [4.69, 9.17) is 10.5 Å². The Kier molecular flexibility index (Phi) is 6.28. The highest BCUT2D eigenvalue weighted by Crippen LogP contribution is 2.21. The molecule has 0 aromatic heterocycles. The minimum absolute atomic E-state index is 0.